The summed E-state index contributed by atoms with van der Waals surface area (Å²) in [6, 6.07) is 5.04. The van der Waals surface area contributed by atoms with Crippen LogP contribution in [0.15, 0.2) is 28.7 Å². The van der Waals surface area contributed by atoms with Crippen molar-refractivity contribution in [2.45, 2.75) is 6.30 Å². The van der Waals surface area contributed by atoms with Gasteiger partial charge in [-0.25, -0.2) is 4.90 Å². The van der Waals surface area contributed by atoms with Crippen LogP contribution < -0.4 is 4.90 Å². The summed E-state index contributed by atoms with van der Waals surface area (Å²) < 4.78 is 37.7. The van der Waals surface area contributed by atoms with Crippen LogP contribution in [0.5, 0.6) is 0 Å². The first-order chi connectivity index (χ1) is 6.82. The highest BCUT2D eigenvalue weighted by molar-refractivity contribution is 9.10. The van der Waals surface area contributed by atoms with Crippen LogP contribution in [0.1, 0.15) is 0 Å². The van der Waals surface area contributed by atoms with E-state index >= 15 is 0 Å². The second-order valence-corrected chi connectivity index (χ2v) is 3.77. The molecule has 0 aliphatic heterocycles. The zero-order chi connectivity index (χ0) is 11.6. The van der Waals surface area contributed by atoms with E-state index in [1.807, 2.05) is 0 Å². The average molecular weight is 302 g/mol. The summed E-state index contributed by atoms with van der Waals surface area (Å²) in [5.41, 5.74) is -0.328. The van der Waals surface area contributed by atoms with Crippen molar-refractivity contribution in [3.8, 4) is 0 Å². The first-order valence-corrected chi connectivity index (χ1v) is 4.81. The second-order valence-electron chi connectivity index (χ2n) is 2.53. The van der Waals surface area contributed by atoms with E-state index in [-0.39, 0.29) is 5.69 Å². The van der Waals surface area contributed by atoms with Crippen LogP contribution in [-0.4, -0.2) is 11.7 Å². The van der Waals surface area contributed by atoms with Crippen molar-refractivity contribution < 1.29 is 18.0 Å². The summed E-state index contributed by atoms with van der Waals surface area (Å²) in [6.45, 7) is 0. The molecule has 2 nitrogen and oxygen atoms in total. The van der Waals surface area contributed by atoms with Gasteiger partial charge >= 0.3 is 11.7 Å². The fourth-order valence-electron chi connectivity index (χ4n) is 0.938. The van der Waals surface area contributed by atoms with Gasteiger partial charge in [-0.3, -0.25) is 4.79 Å². The lowest BCUT2D eigenvalue weighted by Gasteiger charge is -2.22. The number of halogens is 5. The largest absolute Gasteiger partial charge is 0.492 e. The topological polar surface area (TPSA) is 20.3 Å². The average Bonchev–Trinajstić information content (AvgIpc) is 2.05. The monoisotopic (exact) mass is 301 g/mol. The molecule has 1 aromatic rings. The Bertz CT molecular complexity index is 365. The lowest BCUT2D eigenvalue weighted by atomic mass is 10.3. The second kappa shape index (κ2) is 4.40. The highest BCUT2D eigenvalue weighted by atomic mass is 79.9. The van der Waals surface area contributed by atoms with E-state index in [0.29, 0.717) is 4.47 Å². The summed E-state index contributed by atoms with van der Waals surface area (Å²) in [4.78, 5) is 10.2. The highest BCUT2D eigenvalue weighted by Gasteiger charge is 2.41. The number of anilines is 1. The molecule has 0 heterocycles. The van der Waals surface area contributed by atoms with Gasteiger partial charge in [0.15, 0.2) is 0 Å². The van der Waals surface area contributed by atoms with Crippen LogP contribution in [0.2, 0.25) is 0 Å². The van der Waals surface area contributed by atoms with Gasteiger partial charge < -0.3 is 0 Å². The molecule has 0 unspecified atom stereocenters. The number of benzene rings is 1. The van der Waals surface area contributed by atoms with Gasteiger partial charge in [-0.05, 0) is 35.9 Å². The Kier molecular flexibility index (Phi) is 3.62. The normalized spacial score (nSPS) is 11.3. The number of carbonyl (C=O) groups is 1. The maximum Gasteiger partial charge on any atom is 0.492 e. The molecule has 0 bridgehead atoms. The molecular weight excluding hydrogens is 298 g/mol. The SMILES string of the molecule is O=C(Cl)N(c1ccc(Br)cc1)C(F)(F)F. The molecule has 7 heteroatoms. The molecule has 15 heavy (non-hydrogen) atoms. The smallest absolute Gasteiger partial charge is 0.255 e. The predicted octanol–water partition coefficient (Wildman–Crippen LogP) is 4.13. The maximum absolute atomic E-state index is 12.4. The summed E-state index contributed by atoms with van der Waals surface area (Å²) in [5, 5.41) is -1.59. The molecule has 0 aliphatic rings. The molecule has 0 spiro atoms. The Labute approximate surface area is 96.8 Å². The van der Waals surface area contributed by atoms with Gasteiger partial charge in [-0.2, -0.15) is 0 Å². The number of carbonyl (C=O) groups excluding carboxylic acids is 1. The number of hydrogen-bond donors (Lipinski definition) is 0. The van der Waals surface area contributed by atoms with Gasteiger partial charge in [-0.1, -0.05) is 15.9 Å². The standard InChI is InChI=1S/C8H4BrClF3NO/c9-5-1-3-6(4-2-5)14(7(10)15)8(11,12)13/h1-4H. The molecule has 1 amide bonds. The minimum atomic E-state index is -4.83. The van der Waals surface area contributed by atoms with Gasteiger partial charge in [-0.15, -0.1) is 13.2 Å². The Morgan fingerprint density at radius 2 is 1.73 bits per heavy atom. The predicted molar refractivity (Wildman–Crippen MR) is 53.9 cm³/mol. The minimum Gasteiger partial charge on any atom is -0.255 e. The summed E-state index contributed by atoms with van der Waals surface area (Å²) in [7, 11) is 0. The zero-order valence-corrected chi connectivity index (χ0v) is 9.40. The van der Waals surface area contributed by atoms with Crippen LogP contribution in [-0.2, 0) is 0 Å². The van der Waals surface area contributed by atoms with E-state index in [4.69, 9.17) is 11.6 Å². The fourth-order valence-corrected chi connectivity index (χ4v) is 1.40. The van der Waals surface area contributed by atoms with Crippen molar-refractivity contribution in [3.63, 3.8) is 0 Å². The van der Waals surface area contributed by atoms with Crippen molar-refractivity contribution in [2.75, 3.05) is 4.90 Å². The molecule has 1 rings (SSSR count). The van der Waals surface area contributed by atoms with Crippen molar-refractivity contribution in [1.29, 1.82) is 0 Å². The molecule has 0 radical (unpaired) electrons. The number of alkyl halides is 3. The summed E-state index contributed by atoms with van der Waals surface area (Å²) in [6.07, 6.45) is -4.83. The van der Waals surface area contributed by atoms with Gasteiger partial charge in [0, 0.05) is 4.47 Å². The molecule has 0 N–H and O–H groups in total. The molecule has 0 aromatic heterocycles. The van der Waals surface area contributed by atoms with E-state index in [1.54, 1.807) is 0 Å². The quantitative estimate of drug-likeness (QED) is 0.564. The summed E-state index contributed by atoms with van der Waals surface area (Å²) >= 11 is 7.92. The van der Waals surface area contributed by atoms with Crippen LogP contribution >= 0.6 is 27.5 Å². The Morgan fingerprint density at radius 3 is 2.07 bits per heavy atom. The molecule has 0 fully saturated rings. The molecule has 0 aliphatic carbocycles. The van der Waals surface area contributed by atoms with E-state index < -0.39 is 16.6 Å². The number of hydrogen-bond acceptors (Lipinski definition) is 1. The van der Waals surface area contributed by atoms with Crippen molar-refractivity contribution in [3.05, 3.63) is 28.7 Å². The van der Waals surface area contributed by atoms with Crippen LogP contribution in [0.3, 0.4) is 0 Å². The van der Waals surface area contributed by atoms with Crippen LogP contribution in [0.4, 0.5) is 23.7 Å². The van der Waals surface area contributed by atoms with Crippen LogP contribution in [0, 0.1) is 0 Å². The fraction of sp³-hybridized carbons (Fsp3) is 0.125. The third kappa shape index (κ3) is 3.10. The zero-order valence-electron chi connectivity index (χ0n) is 7.05. The number of nitrogens with zero attached hydrogens (tertiary/aromatic N) is 1. The lowest BCUT2D eigenvalue weighted by Crippen LogP contribution is -2.39. The van der Waals surface area contributed by atoms with E-state index in [2.05, 4.69) is 15.9 Å². The van der Waals surface area contributed by atoms with Gasteiger partial charge in [0.25, 0.3) is 0 Å². The Hall–Kier alpha value is -0.750. The lowest BCUT2D eigenvalue weighted by molar-refractivity contribution is -0.120. The third-order valence-electron chi connectivity index (χ3n) is 1.51. The molecule has 82 valence electrons. The van der Waals surface area contributed by atoms with E-state index in [1.165, 1.54) is 12.1 Å². The molecule has 1 aromatic carbocycles. The van der Waals surface area contributed by atoms with Crippen molar-refractivity contribution >= 4 is 38.6 Å². The minimum absolute atomic E-state index is 0.328. The molecule has 0 saturated heterocycles. The third-order valence-corrected chi connectivity index (χ3v) is 2.21. The summed E-state index contributed by atoms with van der Waals surface area (Å²) in [5.74, 6) is 0. The van der Waals surface area contributed by atoms with Gasteiger partial charge in [0.2, 0.25) is 0 Å². The van der Waals surface area contributed by atoms with Gasteiger partial charge in [0.1, 0.15) is 0 Å². The Balaban J connectivity index is 3.11. The van der Waals surface area contributed by atoms with Gasteiger partial charge in [0.05, 0.1) is 5.69 Å². The number of rotatable bonds is 1. The molecular formula is C8H4BrClF3NO. The van der Waals surface area contributed by atoms with Crippen molar-refractivity contribution in [1.82, 2.24) is 0 Å². The first-order valence-electron chi connectivity index (χ1n) is 3.64. The maximum atomic E-state index is 12.4. The first kappa shape index (κ1) is 12.3. The van der Waals surface area contributed by atoms with E-state index in [0.717, 1.165) is 12.1 Å². The Morgan fingerprint density at radius 1 is 1.27 bits per heavy atom. The number of amides is 1. The molecule has 0 saturated carbocycles. The highest BCUT2D eigenvalue weighted by Crippen LogP contribution is 2.30. The molecule has 0 atom stereocenters. The van der Waals surface area contributed by atoms with Crippen LogP contribution in [0.25, 0.3) is 0 Å². The van der Waals surface area contributed by atoms with Crippen molar-refractivity contribution in [2.24, 2.45) is 0 Å². The van der Waals surface area contributed by atoms with E-state index in [9.17, 15) is 18.0 Å².